The molecule has 0 aliphatic heterocycles. The zero-order valence-electron chi connectivity index (χ0n) is 25.4. The van der Waals surface area contributed by atoms with Crippen molar-refractivity contribution in [1.82, 2.24) is 9.97 Å². The van der Waals surface area contributed by atoms with E-state index < -0.39 is 5.97 Å². The van der Waals surface area contributed by atoms with Gasteiger partial charge in [0, 0.05) is 30.1 Å². The number of halogens is 1. The number of anilines is 1. The third kappa shape index (κ3) is 8.10. The van der Waals surface area contributed by atoms with Crippen LogP contribution in [0.2, 0.25) is 5.02 Å². The van der Waals surface area contributed by atoms with E-state index in [2.05, 4.69) is 98.9 Å². The van der Waals surface area contributed by atoms with Gasteiger partial charge in [-0.05, 0) is 79.5 Å². The van der Waals surface area contributed by atoms with Gasteiger partial charge in [0.2, 0.25) is 5.95 Å². The van der Waals surface area contributed by atoms with E-state index in [1.807, 2.05) is 6.07 Å². The van der Waals surface area contributed by atoms with Gasteiger partial charge in [0.05, 0.1) is 19.0 Å². The summed E-state index contributed by atoms with van der Waals surface area (Å²) in [7, 11) is 0. The lowest BCUT2D eigenvalue weighted by Crippen LogP contribution is -2.25. The molecule has 0 aliphatic rings. The Balaban J connectivity index is 1.73. The lowest BCUT2D eigenvalue weighted by atomic mass is 9.90. The average Bonchev–Trinajstić information content (AvgIpc) is 2.91. The van der Waals surface area contributed by atoms with Crippen LogP contribution >= 0.6 is 11.6 Å². The lowest BCUT2D eigenvalue weighted by Gasteiger charge is -2.26. The highest BCUT2D eigenvalue weighted by Gasteiger charge is 2.19. The van der Waals surface area contributed by atoms with Crippen LogP contribution in [0.4, 0.5) is 5.95 Å². The van der Waals surface area contributed by atoms with Gasteiger partial charge in [-0.2, -0.15) is 0 Å². The molecule has 6 nitrogen and oxygen atoms in total. The van der Waals surface area contributed by atoms with Crippen LogP contribution in [0.3, 0.4) is 0 Å². The van der Waals surface area contributed by atoms with Crippen LogP contribution in [-0.2, 0) is 17.9 Å². The highest BCUT2D eigenvalue weighted by Crippen LogP contribution is 2.37. The van der Waals surface area contributed by atoms with Crippen LogP contribution in [-0.4, -0.2) is 27.7 Å². The highest BCUT2D eigenvalue weighted by atomic mass is 35.5. The van der Waals surface area contributed by atoms with E-state index in [0.717, 1.165) is 27.3 Å². The molecule has 220 valence electrons. The van der Waals surface area contributed by atoms with Gasteiger partial charge in [-0.3, -0.25) is 4.79 Å². The number of ether oxygens (including phenoxy) is 1. The topological polar surface area (TPSA) is 75.6 Å². The molecule has 4 rings (SSSR count). The van der Waals surface area contributed by atoms with E-state index in [-0.39, 0.29) is 6.42 Å². The summed E-state index contributed by atoms with van der Waals surface area (Å²) < 4.78 is 5.69. The minimum Gasteiger partial charge on any atom is -0.490 e. The molecular weight excluding hydrogens is 546 g/mol. The molecule has 4 aromatic rings. The van der Waals surface area contributed by atoms with Crippen molar-refractivity contribution in [2.24, 2.45) is 0 Å². The smallest absolute Gasteiger partial charge is 0.303 e. The number of hydrogen-bond donors (Lipinski definition) is 1. The molecule has 0 saturated carbocycles. The van der Waals surface area contributed by atoms with Crippen molar-refractivity contribution in [2.45, 2.75) is 73.4 Å². The molecule has 7 heteroatoms. The Labute approximate surface area is 254 Å². The fourth-order valence-corrected chi connectivity index (χ4v) is 5.65. The predicted molar refractivity (Wildman–Crippen MR) is 171 cm³/mol. The maximum atomic E-state index is 10.8. The standard InChI is InChI=1S/C35H40ClN3O3/c1-22(2)28-10-9-26(6)31(17-28)34-29(15-25(5)16-32(34)36)21-39(20-27-13-23(3)12-24(4)14-27)35-37-18-30(19-38-35)42-11-7-8-33(40)41/h9-10,12-19,22H,7-8,11,20-21H2,1-6H3,(H,40,41). The Morgan fingerprint density at radius 1 is 0.929 bits per heavy atom. The summed E-state index contributed by atoms with van der Waals surface area (Å²) in [6, 6.07) is 17.4. The molecule has 0 saturated heterocycles. The number of hydrogen-bond acceptors (Lipinski definition) is 5. The largest absolute Gasteiger partial charge is 0.490 e. The van der Waals surface area contributed by atoms with Crippen LogP contribution in [0, 0.1) is 27.7 Å². The zero-order chi connectivity index (χ0) is 30.4. The quantitative estimate of drug-likeness (QED) is 0.168. The number of carboxylic acid groups (broad SMARTS) is 1. The van der Waals surface area contributed by atoms with Crippen molar-refractivity contribution in [3.63, 3.8) is 0 Å². The fraction of sp³-hybridized carbons (Fsp3) is 0.343. The van der Waals surface area contributed by atoms with Gasteiger partial charge >= 0.3 is 5.97 Å². The molecule has 1 heterocycles. The summed E-state index contributed by atoms with van der Waals surface area (Å²) in [6.45, 7) is 14.3. The van der Waals surface area contributed by atoms with Crippen molar-refractivity contribution in [2.75, 3.05) is 11.5 Å². The number of aliphatic carboxylic acids is 1. The van der Waals surface area contributed by atoms with E-state index in [4.69, 9.17) is 21.4 Å². The summed E-state index contributed by atoms with van der Waals surface area (Å²) >= 11 is 7.00. The number of rotatable bonds is 12. The molecule has 3 aromatic carbocycles. The van der Waals surface area contributed by atoms with Crippen LogP contribution in [0.5, 0.6) is 5.75 Å². The number of carbonyl (C=O) groups is 1. The Hall–Kier alpha value is -3.90. The van der Waals surface area contributed by atoms with Gasteiger partial charge in [-0.15, -0.1) is 0 Å². The monoisotopic (exact) mass is 585 g/mol. The van der Waals surface area contributed by atoms with Gasteiger partial charge in [0.15, 0.2) is 5.75 Å². The zero-order valence-corrected chi connectivity index (χ0v) is 26.1. The Morgan fingerprint density at radius 3 is 2.24 bits per heavy atom. The minimum absolute atomic E-state index is 0.0591. The maximum Gasteiger partial charge on any atom is 0.303 e. The van der Waals surface area contributed by atoms with Gasteiger partial charge < -0.3 is 14.7 Å². The molecule has 0 amide bonds. The summed E-state index contributed by atoms with van der Waals surface area (Å²) in [4.78, 5) is 22.3. The van der Waals surface area contributed by atoms with Gasteiger partial charge in [-0.25, -0.2) is 9.97 Å². The second-order valence-corrected chi connectivity index (χ2v) is 11.8. The maximum absolute atomic E-state index is 10.8. The highest BCUT2D eigenvalue weighted by molar-refractivity contribution is 6.33. The van der Waals surface area contributed by atoms with Crippen molar-refractivity contribution in [3.8, 4) is 16.9 Å². The molecule has 0 spiro atoms. The molecular formula is C35H40ClN3O3. The van der Waals surface area contributed by atoms with E-state index in [1.165, 1.54) is 27.8 Å². The fourth-order valence-electron chi connectivity index (χ4n) is 5.25. The molecule has 1 aromatic heterocycles. The Morgan fingerprint density at radius 2 is 1.60 bits per heavy atom. The first-order valence-electron chi connectivity index (χ1n) is 14.4. The third-order valence-electron chi connectivity index (χ3n) is 7.23. The van der Waals surface area contributed by atoms with Crippen molar-refractivity contribution in [1.29, 1.82) is 0 Å². The molecule has 0 atom stereocenters. The molecule has 42 heavy (non-hydrogen) atoms. The first-order chi connectivity index (χ1) is 20.0. The van der Waals surface area contributed by atoms with Crippen molar-refractivity contribution >= 4 is 23.5 Å². The van der Waals surface area contributed by atoms with E-state index in [1.54, 1.807) is 12.4 Å². The van der Waals surface area contributed by atoms with Gasteiger partial charge in [-0.1, -0.05) is 79.0 Å². The predicted octanol–water partition coefficient (Wildman–Crippen LogP) is 8.60. The van der Waals surface area contributed by atoms with Gasteiger partial charge in [0.1, 0.15) is 0 Å². The van der Waals surface area contributed by atoms with E-state index in [9.17, 15) is 4.79 Å². The second kappa shape index (κ2) is 13.8. The summed E-state index contributed by atoms with van der Waals surface area (Å²) in [5.41, 5.74) is 10.4. The van der Waals surface area contributed by atoms with Crippen molar-refractivity contribution < 1.29 is 14.6 Å². The van der Waals surface area contributed by atoms with Crippen LogP contribution < -0.4 is 9.64 Å². The normalized spacial score (nSPS) is 11.1. The van der Waals surface area contributed by atoms with E-state index in [0.29, 0.717) is 43.7 Å². The third-order valence-corrected chi connectivity index (χ3v) is 7.53. The molecule has 0 bridgehead atoms. The van der Waals surface area contributed by atoms with Crippen LogP contribution in [0.25, 0.3) is 11.1 Å². The minimum atomic E-state index is -0.839. The molecule has 1 N–H and O–H groups in total. The first kappa shape index (κ1) is 31.0. The van der Waals surface area contributed by atoms with Crippen LogP contribution in [0.1, 0.15) is 71.6 Å². The second-order valence-electron chi connectivity index (χ2n) is 11.4. The molecule has 0 aliphatic carbocycles. The number of nitrogens with zero attached hydrogens (tertiary/aromatic N) is 3. The van der Waals surface area contributed by atoms with Gasteiger partial charge in [0.25, 0.3) is 0 Å². The molecule has 0 radical (unpaired) electrons. The number of aromatic nitrogens is 2. The number of carboxylic acids is 1. The lowest BCUT2D eigenvalue weighted by molar-refractivity contribution is -0.137. The Bertz CT molecular complexity index is 1530. The van der Waals surface area contributed by atoms with Crippen LogP contribution in [0.15, 0.2) is 60.9 Å². The SMILES string of the molecule is Cc1cc(C)cc(CN(Cc2cc(C)cc(Cl)c2-c2cc(C(C)C)ccc2C)c2ncc(OCCCC(=O)O)cn2)c1. The van der Waals surface area contributed by atoms with E-state index >= 15 is 0 Å². The first-order valence-corrected chi connectivity index (χ1v) is 14.8. The average molecular weight is 586 g/mol. The van der Waals surface area contributed by atoms with Crippen molar-refractivity contribution in [3.05, 3.63) is 105 Å². The number of aryl methyl sites for hydroxylation is 4. The summed E-state index contributed by atoms with van der Waals surface area (Å²) in [5, 5.41) is 9.60. The number of benzene rings is 3. The summed E-state index contributed by atoms with van der Waals surface area (Å²) in [5.74, 6) is 0.643. The Kier molecular flexibility index (Phi) is 10.2. The molecule has 0 fully saturated rings. The summed E-state index contributed by atoms with van der Waals surface area (Å²) in [6.07, 6.45) is 3.78. The molecule has 0 unspecified atom stereocenters.